The number of hydrazone groups is 1. The smallest absolute Gasteiger partial charge is 0.295 e. The molecule has 2 aromatic rings. The van der Waals surface area contributed by atoms with Crippen LogP contribution in [0, 0.1) is 17.0 Å². The Kier molecular flexibility index (Phi) is 7.43. The van der Waals surface area contributed by atoms with Crippen LogP contribution in [0.4, 0.5) is 11.4 Å². The number of nitro benzene ring substituents is 1. The topological polar surface area (TPSA) is 158 Å². The van der Waals surface area contributed by atoms with E-state index < -0.39 is 20.6 Å². The summed E-state index contributed by atoms with van der Waals surface area (Å²) in [6.45, 7) is 5.01. The second-order valence-electron chi connectivity index (χ2n) is 6.18. The molecule has 0 fully saturated rings. The van der Waals surface area contributed by atoms with E-state index in [0.717, 1.165) is 6.07 Å². The summed E-state index contributed by atoms with van der Waals surface area (Å²) in [5.41, 5.74) is 2.82. The molecule has 30 heavy (non-hydrogen) atoms. The van der Waals surface area contributed by atoms with Gasteiger partial charge in [0, 0.05) is 36.5 Å². The van der Waals surface area contributed by atoms with E-state index in [9.17, 15) is 28.7 Å². The summed E-state index contributed by atoms with van der Waals surface area (Å²) < 4.78 is 26.4. The van der Waals surface area contributed by atoms with Gasteiger partial charge in [0.1, 0.15) is 11.4 Å². The predicted octanol–water partition coefficient (Wildman–Crippen LogP) is 1.97. The molecule has 0 spiro atoms. The van der Waals surface area contributed by atoms with E-state index in [1.54, 1.807) is 20.8 Å². The van der Waals surface area contributed by atoms with Gasteiger partial charge < -0.3 is 10.2 Å². The Morgan fingerprint density at radius 1 is 1.33 bits per heavy atom. The lowest BCUT2D eigenvalue weighted by Gasteiger charge is -2.18. The molecular weight excluding hydrogens is 414 g/mol. The maximum Gasteiger partial charge on any atom is 0.295 e. The van der Waals surface area contributed by atoms with Gasteiger partial charge in [-0.3, -0.25) is 20.5 Å². The van der Waals surface area contributed by atoms with E-state index in [4.69, 9.17) is 0 Å². The molecule has 0 radical (unpaired) electrons. The number of nitro groups is 1. The number of aliphatic hydroxyl groups excluding tert-OH is 1. The summed E-state index contributed by atoms with van der Waals surface area (Å²) in [6, 6.07) is 3.47. The Morgan fingerprint density at radius 3 is 2.57 bits per heavy atom. The van der Waals surface area contributed by atoms with Crippen LogP contribution in [0.25, 0.3) is 0 Å². The molecule has 0 aliphatic carbocycles. The monoisotopic (exact) mass is 437 g/mol. The number of aromatic nitrogens is 1. The van der Waals surface area contributed by atoms with Gasteiger partial charge in [-0.05, 0) is 19.1 Å². The Hall–Kier alpha value is -3.09. The molecule has 0 atom stereocenters. The van der Waals surface area contributed by atoms with Gasteiger partial charge in [0.25, 0.3) is 5.69 Å². The minimum Gasteiger partial charge on any atom is -0.505 e. The highest BCUT2D eigenvalue weighted by atomic mass is 32.2. The zero-order chi connectivity index (χ0) is 22.5. The summed E-state index contributed by atoms with van der Waals surface area (Å²) in [6.07, 6.45) is 2.57. The first-order valence-corrected chi connectivity index (χ1v) is 10.5. The Morgan fingerprint density at radius 2 is 2.00 bits per heavy atom. The van der Waals surface area contributed by atoms with Crippen LogP contribution in [-0.4, -0.2) is 52.1 Å². The molecular formula is C18H23N5O6S. The minimum atomic E-state index is -3.86. The van der Waals surface area contributed by atoms with Gasteiger partial charge in [-0.2, -0.15) is 9.41 Å². The number of pyridine rings is 1. The summed E-state index contributed by atoms with van der Waals surface area (Å²) in [5.74, 6) is -0.178. The number of aromatic hydroxyl groups is 1. The first-order chi connectivity index (χ1) is 14.2. The molecule has 0 aliphatic heterocycles. The van der Waals surface area contributed by atoms with Gasteiger partial charge in [-0.15, -0.1) is 0 Å². The molecule has 0 amide bonds. The fourth-order valence-electron chi connectivity index (χ4n) is 2.72. The number of aryl methyl sites for hydroxylation is 1. The minimum absolute atomic E-state index is 0.0365. The number of rotatable bonds is 9. The molecule has 0 saturated heterocycles. The van der Waals surface area contributed by atoms with E-state index in [1.165, 1.54) is 28.8 Å². The van der Waals surface area contributed by atoms with Crippen molar-refractivity contribution in [1.82, 2.24) is 9.29 Å². The van der Waals surface area contributed by atoms with E-state index in [0.29, 0.717) is 11.3 Å². The molecule has 1 aromatic heterocycles. The van der Waals surface area contributed by atoms with Crippen molar-refractivity contribution in [3.8, 4) is 5.75 Å². The highest BCUT2D eigenvalue weighted by Gasteiger charge is 2.25. The van der Waals surface area contributed by atoms with Crippen molar-refractivity contribution in [2.45, 2.75) is 32.3 Å². The third kappa shape index (κ3) is 4.72. The van der Waals surface area contributed by atoms with Gasteiger partial charge in [-0.25, -0.2) is 8.42 Å². The quantitative estimate of drug-likeness (QED) is 0.305. The molecule has 3 N–H and O–H groups in total. The zero-order valence-corrected chi connectivity index (χ0v) is 17.5. The molecule has 162 valence electrons. The van der Waals surface area contributed by atoms with Gasteiger partial charge in [0.2, 0.25) is 10.0 Å². The lowest BCUT2D eigenvalue weighted by Crippen LogP contribution is -2.30. The summed E-state index contributed by atoms with van der Waals surface area (Å²) in [4.78, 5) is 14.5. The van der Waals surface area contributed by atoms with E-state index in [2.05, 4.69) is 15.5 Å². The van der Waals surface area contributed by atoms with Crippen molar-refractivity contribution in [3.63, 3.8) is 0 Å². The van der Waals surface area contributed by atoms with Crippen LogP contribution in [0.1, 0.15) is 30.7 Å². The fraction of sp³-hybridized carbons (Fsp3) is 0.333. The van der Waals surface area contributed by atoms with Crippen molar-refractivity contribution in [1.29, 1.82) is 0 Å². The number of hydrogen-bond acceptors (Lipinski definition) is 9. The number of nitrogens with one attached hydrogen (secondary N) is 1. The van der Waals surface area contributed by atoms with Crippen molar-refractivity contribution in [2.24, 2.45) is 5.10 Å². The van der Waals surface area contributed by atoms with Crippen molar-refractivity contribution in [2.75, 3.05) is 18.5 Å². The Balaban J connectivity index is 2.39. The Labute approximate surface area is 173 Å². The Bertz CT molecular complexity index is 1070. The number of benzene rings is 1. The highest BCUT2D eigenvalue weighted by molar-refractivity contribution is 7.89. The maximum absolute atomic E-state index is 12.6. The highest BCUT2D eigenvalue weighted by Crippen LogP contribution is 2.29. The van der Waals surface area contributed by atoms with Crippen LogP contribution in [0.3, 0.4) is 0 Å². The summed E-state index contributed by atoms with van der Waals surface area (Å²) in [5, 5.41) is 34.8. The number of anilines is 1. The van der Waals surface area contributed by atoms with Gasteiger partial charge >= 0.3 is 0 Å². The van der Waals surface area contributed by atoms with E-state index in [-0.39, 0.29) is 41.6 Å². The first-order valence-electron chi connectivity index (χ1n) is 9.03. The maximum atomic E-state index is 12.6. The molecule has 1 aromatic carbocycles. The number of hydrogen-bond donors (Lipinski definition) is 3. The SMILES string of the molecule is CCN(CC)S(=O)(=O)c1ccc(N/N=C\c2c(CO)cnc(C)c2O)c([N+](=O)[O-])c1. The zero-order valence-electron chi connectivity index (χ0n) is 16.7. The summed E-state index contributed by atoms with van der Waals surface area (Å²) >= 11 is 0. The van der Waals surface area contributed by atoms with Crippen molar-refractivity contribution < 1.29 is 23.6 Å². The molecule has 0 unspecified atom stereocenters. The molecule has 11 nitrogen and oxygen atoms in total. The van der Waals surface area contributed by atoms with Crippen LogP contribution in [0.2, 0.25) is 0 Å². The standard InChI is InChI=1S/C18H23N5O6S/c1-4-22(5-2)30(28,29)14-6-7-16(17(8-14)23(26)27)21-20-10-15-13(11-24)9-19-12(3)18(15)25/h6-10,21,24-25H,4-5,11H2,1-3H3/b20-10-. The van der Waals surface area contributed by atoms with Gasteiger partial charge in [0.05, 0.1) is 28.3 Å². The van der Waals surface area contributed by atoms with Crippen LogP contribution in [-0.2, 0) is 16.6 Å². The van der Waals surface area contributed by atoms with E-state index >= 15 is 0 Å². The molecule has 1 heterocycles. The number of aliphatic hydroxyl groups is 1. The van der Waals surface area contributed by atoms with Crippen LogP contribution < -0.4 is 5.43 Å². The lowest BCUT2D eigenvalue weighted by atomic mass is 10.1. The lowest BCUT2D eigenvalue weighted by molar-refractivity contribution is -0.384. The second-order valence-corrected chi connectivity index (χ2v) is 8.12. The van der Waals surface area contributed by atoms with Crippen molar-refractivity contribution >= 4 is 27.6 Å². The number of nitrogens with zero attached hydrogens (tertiary/aromatic N) is 4. The first kappa shape index (κ1) is 23.2. The van der Waals surface area contributed by atoms with Crippen molar-refractivity contribution in [3.05, 3.63) is 51.3 Å². The molecule has 0 saturated carbocycles. The third-order valence-electron chi connectivity index (χ3n) is 4.42. The van der Waals surface area contributed by atoms with Gasteiger partial charge in [-0.1, -0.05) is 13.8 Å². The normalized spacial score (nSPS) is 11.9. The van der Waals surface area contributed by atoms with Crippen LogP contribution >= 0.6 is 0 Å². The van der Waals surface area contributed by atoms with Crippen LogP contribution in [0.15, 0.2) is 34.4 Å². The number of sulfonamides is 1. The average molecular weight is 437 g/mol. The third-order valence-corrected chi connectivity index (χ3v) is 6.46. The predicted molar refractivity (Wildman–Crippen MR) is 111 cm³/mol. The fourth-order valence-corrected chi connectivity index (χ4v) is 4.20. The largest absolute Gasteiger partial charge is 0.505 e. The van der Waals surface area contributed by atoms with E-state index in [1.807, 2.05) is 0 Å². The van der Waals surface area contributed by atoms with Gasteiger partial charge in [0.15, 0.2) is 0 Å². The molecule has 2 rings (SSSR count). The summed E-state index contributed by atoms with van der Waals surface area (Å²) in [7, 11) is -3.86. The average Bonchev–Trinajstić information content (AvgIpc) is 2.71. The van der Waals surface area contributed by atoms with Crippen LogP contribution in [0.5, 0.6) is 5.75 Å². The molecule has 12 heteroatoms. The molecule has 0 bridgehead atoms. The molecule has 0 aliphatic rings. The second kappa shape index (κ2) is 9.61.